The first-order valence-corrected chi connectivity index (χ1v) is 6.75. The van der Waals surface area contributed by atoms with E-state index in [-0.39, 0.29) is 0 Å². The van der Waals surface area contributed by atoms with E-state index in [2.05, 4.69) is 18.1 Å². The maximum absolute atomic E-state index is 10.7. The normalized spacial score (nSPS) is 12.8. The van der Waals surface area contributed by atoms with Crippen LogP contribution in [0.2, 0.25) is 0 Å². The van der Waals surface area contributed by atoms with Crippen molar-refractivity contribution in [2.45, 2.75) is 20.0 Å². The van der Waals surface area contributed by atoms with E-state index in [4.69, 9.17) is 0 Å². The predicted molar refractivity (Wildman–Crippen MR) is 80.7 cm³/mol. The fraction of sp³-hybridized carbons (Fsp3) is 0.235. The second-order valence-corrected chi connectivity index (χ2v) is 5.29. The van der Waals surface area contributed by atoms with Gasteiger partial charge in [0.15, 0.2) is 0 Å². The second kappa shape index (κ2) is 4.76. The first-order valence-electron chi connectivity index (χ1n) is 6.75. The van der Waals surface area contributed by atoms with Gasteiger partial charge >= 0.3 is 0 Å². The van der Waals surface area contributed by atoms with Gasteiger partial charge in [0.1, 0.15) is 11.8 Å². The zero-order valence-corrected chi connectivity index (χ0v) is 12.0. The smallest absolute Gasteiger partial charge is 0.124 e. The Bertz CT molecular complexity index is 774. The van der Waals surface area contributed by atoms with E-state index >= 15 is 0 Å². The molecular formula is C17H18N2O. The van der Waals surface area contributed by atoms with Gasteiger partial charge in [-0.2, -0.15) is 5.10 Å². The predicted octanol–water partition coefficient (Wildman–Crippen LogP) is 3.27. The summed E-state index contributed by atoms with van der Waals surface area (Å²) in [6, 6.07) is 14.1. The molecule has 1 aromatic heterocycles. The summed E-state index contributed by atoms with van der Waals surface area (Å²) >= 11 is 0. The summed E-state index contributed by atoms with van der Waals surface area (Å²) in [5.74, 6) is 0. The summed E-state index contributed by atoms with van der Waals surface area (Å²) < 4.78 is 1.82. The maximum Gasteiger partial charge on any atom is 0.124 e. The monoisotopic (exact) mass is 266 g/mol. The zero-order chi connectivity index (χ0) is 14.3. The molecule has 20 heavy (non-hydrogen) atoms. The van der Waals surface area contributed by atoms with Crippen molar-refractivity contribution >= 4 is 10.9 Å². The molecule has 2 aromatic carbocycles. The lowest BCUT2D eigenvalue weighted by atomic mass is 9.98. The Kier molecular flexibility index (Phi) is 3.07. The summed E-state index contributed by atoms with van der Waals surface area (Å²) in [6.07, 6.45) is -0.693. The van der Waals surface area contributed by atoms with E-state index in [0.717, 1.165) is 27.7 Å². The Morgan fingerprint density at radius 3 is 2.60 bits per heavy atom. The van der Waals surface area contributed by atoms with E-state index in [9.17, 15) is 5.11 Å². The molecule has 3 rings (SSSR count). The lowest BCUT2D eigenvalue weighted by Gasteiger charge is -2.12. The van der Waals surface area contributed by atoms with Crippen molar-refractivity contribution in [2.75, 3.05) is 0 Å². The van der Waals surface area contributed by atoms with Crippen molar-refractivity contribution in [3.63, 3.8) is 0 Å². The van der Waals surface area contributed by atoms with Crippen molar-refractivity contribution in [3.8, 4) is 0 Å². The molecule has 0 bridgehead atoms. The molecule has 0 aliphatic rings. The third kappa shape index (κ3) is 2.00. The van der Waals surface area contributed by atoms with Gasteiger partial charge in [-0.1, -0.05) is 42.0 Å². The first kappa shape index (κ1) is 12.9. The van der Waals surface area contributed by atoms with Crippen LogP contribution in [-0.2, 0) is 7.05 Å². The molecule has 0 saturated carbocycles. The summed E-state index contributed by atoms with van der Waals surface area (Å²) in [7, 11) is 1.90. The topological polar surface area (TPSA) is 38.1 Å². The van der Waals surface area contributed by atoms with E-state index in [1.54, 1.807) is 0 Å². The number of aryl methyl sites for hydroxylation is 3. The fourth-order valence-corrected chi connectivity index (χ4v) is 2.72. The first-order chi connectivity index (χ1) is 9.58. The molecule has 0 aliphatic carbocycles. The lowest BCUT2D eigenvalue weighted by molar-refractivity contribution is 0.215. The summed E-state index contributed by atoms with van der Waals surface area (Å²) in [5.41, 5.74) is 4.96. The molecule has 3 aromatic rings. The quantitative estimate of drug-likeness (QED) is 0.773. The average molecular weight is 266 g/mol. The van der Waals surface area contributed by atoms with Crippen LogP contribution in [0.3, 0.4) is 0 Å². The van der Waals surface area contributed by atoms with Crippen molar-refractivity contribution in [1.82, 2.24) is 9.78 Å². The Balaban J connectivity index is 2.15. The third-order valence-corrected chi connectivity index (χ3v) is 3.77. The SMILES string of the molecule is Cc1ccc(C(O)c2nn(C)c3ccccc23)c(C)c1. The molecule has 0 aliphatic heterocycles. The Morgan fingerprint density at radius 1 is 1.10 bits per heavy atom. The van der Waals surface area contributed by atoms with Gasteiger partial charge in [0, 0.05) is 12.4 Å². The van der Waals surface area contributed by atoms with Gasteiger partial charge in [-0.15, -0.1) is 0 Å². The number of aromatic nitrogens is 2. The van der Waals surface area contributed by atoms with Gasteiger partial charge in [-0.05, 0) is 31.0 Å². The van der Waals surface area contributed by atoms with Crippen LogP contribution in [0.25, 0.3) is 10.9 Å². The largest absolute Gasteiger partial charge is 0.382 e. The average Bonchev–Trinajstić information content (AvgIpc) is 2.76. The number of benzene rings is 2. The lowest BCUT2D eigenvalue weighted by Crippen LogP contribution is -2.04. The minimum atomic E-state index is -0.693. The van der Waals surface area contributed by atoms with Crippen molar-refractivity contribution in [2.24, 2.45) is 7.05 Å². The highest BCUT2D eigenvalue weighted by atomic mass is 16.3. The summed E-state index contributed by atoms with van der Waals surface area (Å²) in [4.78, 5) is 0. The van der Waals surface area contributed by atoms with Gasteiger partial charge < -0.3 is 5.11 Å². The van der Waals surface area contributed by atoms with Crippen LogP contribution in [0.4, 0.5) is 0 Å². The number of nitrogens with zero attached hydrogens (tertiary/aromatic N) is 2. The molecule has 1 unspecified atom stereocenters. The number of para-hydroxylation sites is 1. The molecule has 0 spiro atoms. The highest BCUT2D eigenvalue weighted by molar-refractivity contribution is 5.82. The number of hydrogen-bond acceptors (Lipinski definition) is 2. The zero-order valence-electron chi connectivity index (χ0n) is 12.0. The molecule has 0 radical (unpaired) electrons. The Hall–Kier alpha value is -2.13. The van der Waals surface area contributed by atoms with E-state index < -0.39 is 6.10 Å². The van der Waals surface area contributed by atoms with Crippen LogP contribution >= 0.6 is 0 Å². The van der Waals surface area contributed by atoms with Gasteiger partial charge in [-0.3, -0.25) is 4.68 Å². The molecule has 1 N–H and O–H groups in total. The van der Waals surface area contributed by atoms with Crippen LogP contribution in [0, 0.1) is 13.8 Å². The van der Waals surface area contributed by atoms with E-state index in [1.807, 2.05) is 55.1 Å². The fourth-order valence-electron chi connectivity index (χ4n) is 2.72. The van der Waals surface area contributed by atoms with Crippen LogP contribution in [0.15, 0.2) is 42.5 Å². The molecule has 1 atom stereocenters. The molecule has 0 fully saturated rings. The standard InChI is InChI=1S/C17H18N2O/c1-11-8-9-13(12(2)10-11)17(20)16-14-6-4-5-7-15(14)19(3)18-16/h4-10,17,20H,1-3H3. The van der Waals surface area contributed by atoms with Crippen LogP contribution in [0.1, 0.15) is 28.5 Å². The van der Waals surface area contributed by atoms with Crippen LogP contribution in [0.5, 0.6) is 0 Å². The highest BCUT2D eigenvalue weighted by Gasteiger charge is 2.19. The molecule has 0 saturated heterocycles. The summed E-state index contributed by atoms with van der Waals surface area (Å²) in [5, 5.41) is 16.2. The highest BCUT2D eigenvalue weighted by Crippen LogP contribution is 2.29. The Labute approximate surface area is 118 Å². The molecule has 102 valence electrons. The molecule has 1 heterocycles. The number of aliphatic hydroxyl groups is 1. The molecule has 3 nitrogen and oxygen atoms in total. The van der Waals surface area contributed by atoms with Gasteiger partial charge in [0.2, 0.25) is 0 Å². The van der Waals surface area contributed by atoms with Gasteiger partial charge in [0.25, 0.3) is 0 Å². The minimum absolute atomic E-state index is 0.693. The Morgan fingerprint density at radius 2 is 1.85 bits per heavy atom. The minimum Gasteiger partial charge on any atom is -0.382 e. The number of rotatable bonds is 2. The number of hydrogen-bond donors (Lipinski definition) is 1. The van der Waals surface area contributed by atoms with Crippen LogP contribution < -0.4 is 0 Å². The molecule has 0 amide bonds. The van der Waals surface area contributed by atoms with Gasteiger partial charge in [0.05, 0.1) is 5.52 Å². The van der Waals surface area contributed by atoms with Crippen LogP contribution in [-0.4, -0.2) is 14.9 Å². The van der Waals surface area contributed by atoms with E-state index in [1.165, 1.54) is 5.56 Å². The van der Waals surface area contributed by atoms with Gasteiger partial charge in [-0.25, -0.2) is 0 Å². The second-order valence-electron chi connectivity index (χ2n) is 5.29. The number of fused-ring (bicyclic) bond motifs is 1. The maximum atomic E-state index is 10.7. The van der Waals surface area contributed by atoms with Crippen molar-refractivity contribution < 1.29 is 5.11 Å². The van der Waals surface area contributed by atoms with Crippen molar-refractivity contribution in [1.29, 1.82) is 0 Å². The molecule has 3 heteroatoms. The molecular weight excluding hydrogens is 248 g/mol. The van der Waals surface area contributed by atoms with E-state index in [0.29, 0.717) is 0 Å². The number of aliphatic hydroxyl groups excluding tert-OH is 1. The van der Waals surface area contributed by atoms with Crippen molar-refractivity contribution in [3.05, 3.63) is 64.8 Å². The third-order valence-electron chi connectivity index (χ3n) is 3.77. The summed E-state index contributed by atoms with van der Waals surface area (Å²) in [6.45, 7) is 4.08.